The van der Waals surface area contributed by atoms with Crippen LogP contribution in [0.5, 0.6) is 0 Å². The van der Waals surface area contributed by atoms with Crippen LogP contribution in [0.4, 0.5) is 4.39 Å². The third kappa shape index (κ3) is 2.37. The molecular formula is C13H14FNOS. The van der Waals surface area contributed by atoms with Crippen molar-refractivity contribution in [3.8, 4) is 0 Å². The van der Waals surface area contributed by atoms with Crippen molar-refractivity contribution in [1.82, 2.24) is 4.98 Å². The van der Waals surface area contributed by atoms with Gasteiger partial charge in [-0.3, -0.25) is 0 Å². The quantitative estimate of drug-likeness (QED) is 0.888. The number of aryl methyl sites for hydroxylation is 3. The van der Waals surface area contributed by atoms with E-state index in [1.807, 2.05) is 13.8 Å². The summed E-state index contributed by atoms with van der Waals surface area (Å²) in [5.41, 5.74) is 2.32. The average Bonchev–Trinajstić information content (AvgIpc) is 2.57. The van der Waals surface area contributed by atoms with Gasteiger partial charge in [0.15, 0.2) is 0 Å². The minimum Gasteiger partial charge on any atom is -0.383 e. The van der Waals surface area contributed by atoms with Crippen LogP contribution in [0.1, 0.15) is 32.8 Å². The number of thiazole rings is 1. The Kier molecular flexibility index (Phi) is 3.26. The molecule has 0 spiro atoms. The molecule has 2 rings (SSSR count). The Morgan fingerprint density at radius 1 is 1.29 bits per heavy atom. The van der Waals surface area contributed by atoms with Gasteiger partial charge in [0.05, 0.1) is 15.6 Å². The van der Waals surface area contributed by atoms with E-state index in [1.165, 1.54) is 23.5 Å². The lowest BCUT2D eigenvalue weighted by Gasteiger charge is -2.12. The molecule has 4 heteroatoms. The number of hydrogen-bond donors (Lipinski definition) is 1. The lowest BCUT2D eigenvalue weighted by Crippen LogP contribution is -2.02. The van der Waals surface area contributed by atoms with E-state index in [0.717, 1.165) is 26.7 Å². The molecule has 90 valence electrons. The first kappa shape index (κ1) is 12.2. The second-order valence-corrected chi connectivity index (χ2v) is 5.32. The van der Waals surface area contributed by atoms with Crippen LogP contribution in [0.2, 0.25) is 0 Å². The standard InChI is InChI=1S/C13H14FNOS/c1-7-6-10(14)4-5-11(7)12(16)13-8(2)15-9(3)17-13/h4-6,12,16H,1-3H3. The van der Waals surface area contributed by atoms with Crippen LogP contribution < -0.4 is 0 Å². The average molecular weight is 251 g/mol. The molecule has 1 N–H and O–H groups in total. The van der Waals surface area contributed by atoms with Crippen LogP contribution in [0.15, 0.2) is 18.2 Å². The highest BCUT2D eigenvalue weighted by Gasteiger charge is 2.18. The van der Waals surface area contributed by atoms with Crippen LogP contribution in [-0.4, -0.2) is 10.1 Å². The number of aliphatic hydroxyl groups excluding tert-OH is 1. The summed E-state index contributed by atoms with van der Waals surface area (Å²) in [4.78, 5) is 5.12. The van der Waals surface area contributed by atoms with Crippen molar-refractivity contribution in [3.05, 3.63) is 50.7 Å². The van der Waals surface area contributed by atoms with Gasteiger partial charge in [-0.2, -0.15) is 0 Å². The zero-order valence-electron chi connectivity index (χ0n) is 9.99. The number of nitrogens with zero attached hydrogens (tertiary/aromatic N) is 1. The first-order chi connectivity index (χ1) is 7.99. The topological polar surface area (TPSA) is 33.1 Å². The van der Waals surface area contributed by atoms with Crippen molar-refractivity contribution < 1.29 is 9.50 Å². The first-order valence-corrected chi connectivity index (χ1v) is 6.18. The zero-order valence-corrected chi connectivity index (χ0v) is 10.8. The largest absolute Gasteiger partial charge is 0.383 e. The van der Waals surface area contributed by atoms with E-state index in [9.17, 15) is 9.50 Å². The van der Waals surface area contributed by atoms with Crippen LogP contribution in [-0.2, 0) is 0 Å². The lowest BCUT2D eigenvalue weighted by atomic mass is 10.0. The molecule has 2 nitrogen and oxygen atoms in total. The van der Waals surface area contributed by atoms with Gasteiger partial charge in [0.1, 0.15) is 11.9 Å². The fourth-order valence-corrected chi connectivity index (χ4v) is 2.82. The number of hydrogen-bond acceptors (Lipinski definition) is 3. The number of halogens is 1. The normalized spacial score (nSPS) is 12.8. The molecule has 1 atom stereocenters. The highest BCUT2D eigenvalue weighted by Crippen LogP contribution is 2.31. The molecule has 0 saturated carbocycles. The van der Waals surface area contributed by atoms with E-state index in [2.05, 4.69) is 4.98 Å². The minimum absolute atomic E-state index is 0.282. The molecule has 0 aliphatic rings. The summed E-state index contributed by atoms with van der Waals surface area (Å²) in [5.74, 6) is -0.282. The van der Waals surface area contributed by atoms with Gasteiger partial charge in [-0.05, 0) is 44.0 Å². The molecule has 0 aliphatic heterocycles. The zero-order chi connectivity index (χ0) is 12.6. The number of benzene rings is 1. The molecular weight excluding hydrogens is 237 g/mol. The van der Waals surface area contributed by atoms with Crippen LogP contribution >= 0.6 is 11.3 Å². The van der Waals surface area contributed by atoms with Gasteiger partial charge in [0.25, 0.3) is 0 Å². The first-order valence-electron chi connectivity index (χ1n) is 5.37. The van der Waals surface area contributed by atoms with Crippen molar-refractivity contribution in [2.75, 3.05) is 0 Å². The molecule has 17 heavy (non-hydrogen) atoms. The third-order valence-corrected chi connectivity index (χ3v) is 3.84. The number of aromatic nitrogens is 1. The summed E-state index contributed by atoms with van der Waals surface area (Å²) in [7, 11) is 0. The summed E-state index contributed by atoms with van der Waals surface area (Å²) in [6, 6.07) is 4.43. The molecule has 0 bridgehead atoms. The van der Waals surface area contributed by atoms with Gasteiger partial charge in [0.2, 0.25) is 0 Å². The maximum atomic E-state index is 13.0. The van der Waals surface area contributed by atoms with E-state index < -0.39 is 6.10 Å². The Labute approximate surface area is 104 Å². The summed E-state index contributed by atoms with van der Waals surface area (Å²) < 4.78 is 13.0. The van der Waals surface area contributed by atoms with Gasteiger partial charge in [-0.1, -0.05) is 6.07 Å². The van der Waals surface area contributed by atoms with Crippen molar-refractivity contribution in [1.29, 1.82) is 0 Å². The van der Waals surface area contributed by atoms with E-state index in [4.69, 9.17) is 0 Å². The second-order valence-electron chi connectivity index (χ2n) is 4.09. The predicted octanol–water partition coefficient (Wildman–Crippen LogP) is 3.29. The lowest BCUT2D eigenvalue weighted by molar-refractivity contribution is 0.222. The van der Waals surface area contributed by atoms with Crippen LogP contribution in [0, 0.1) is 26.6 Å². The molecule has 1 aromatic heterocycles. The molecule has 1 aromatic carbocycles. The smallest absolute Gasteiger partial charge is 0.123 e. The Morgan fingerprint density at radius 2 is 2.00 bits per heavy atom. The van der Waals surface area contributed by atoms with Crippen molar-refractivity contribution in [3.63, 3.8) is 0 Å². The Hall–Kier alpha value is -1.26. The summed E-state index contributed by atoms with van der Waals surface area (Å²) >= 11 is 1.48. The molecule has 0 aliphatic carbocycles. The fourth-order valence-electron chi connectivity index (χ4n) is 1.89. The van der Waals surface area contributed by atoms with Crippen LogP contribution in [0.3, 0.4) is 0 Å². The van der Waals surface area contributed by atoms with E-state index in [0.29, 0.717) is 0 Å². The van der Waals surface area contributed by atoms with Crippen molar-refractivity contribution in [2.24, 2.45) is 0 Å². The summed E-state index contributed by atoms with van der Waals surface area (Å²) in [5, 5.41) is 11.2. The monoisotopic (exact) mass is 251 g/mol. The van der Waals surface area contributed by atoms with Gasteiger partial charge in [-0.15, -0.1) is 11.3 Å². The minimum atomic E-state index is -0.721. The fraction of sp³-hybridized carbons (Fsp3) is 0.308. The van der Waals surface area contributed by atoms with Gasteiger partial charge >= 0.3 is 0 Å². The molecule has 1 heterocycles. The highest BCUT2D eigenvalue weighted by molar-refractivity contribution is 7.11. The molecule has 0 radical (unpaired) electrons. The molecule has 0 saturated heterocycles. The highest BCUT2D eigenvalue weighted by atomic mass is 32.1. The third-order valence-electron chi connectivity index (χ3n) is 2.71. The Bertz CT molecular complexity index is 550. The summed E-state index contributed by atoms with van der Waals surface area (Å²) in [6.45, 7) is 5.58. The van der Waals surface area contributed by atoms with E-state index in [1.54, 1.807) is 13.0 Å². The van der Waals surface area contributed by atoms with Gasteiger partial charge < -0.3 is 5.11 Å². The van der Waals surface area contributed by atoms with Crippen molar-refractivity contribution >= 4 is 11.3 Å². The molecule has 0 fully saturated rings. The second kappa shape index (κ2) is 4.55. The summed E-state index contributed by atoms with van der Waals surface area (Å²) in [6.07, 6.45) is -0.721. The SMILES string of the molecule is Cc1nc(C)c(C(O)c2ccc(F)cc2C)s1. The molecule has 2 aromatic rings. The number of rotatable bonds is 2. The van der Waals surface area contributed by atoms with Crippen molar-refractivity contribution in [2.45, 2.75) is 26.9 Å². The maximum Gasteiger partial charge on any atom is 0.123 e. The predicted molar refractivity (Wildman–Crippen MR) is 66.8 cm³/mol. The van der Waals surface area contributed by atoms with Crippen LogP contribution in [0.25, 0.3) is 0 Å². The molecule has 0 amide bonds. The van der Waals surface area contributed by atoms with E-state index in [-0.39, 0.29) is 5.82 Å². The van der Waals surface area contributed by atoms with Gasteiger partial charge in [-0.25, -0.2) is 9.37 Å². The maximum absolute atomic E-state index is 13.0. The molecule has 1 unspecified atom stereocenters. The Morgan fingerprint density at radius 3 is 2.53 bits per heavy atom. The van der Waals surface area contributed by atoms with Gasteiger partial charge in [0, 0.05) is 0 Å². The Balaban J connectivity index is 2.43. The number of aliphatic hydroxyl groups is 1. The van der Waals surface area contributed by atoms with E-state index >= 15 is 0 Å².